The largest absolute Gasteiger partial charge is 0.412 e. The molecular weight excluding hydrogens is 118 g/mol. The summed E-state index contributed by atoms with van der Waals surface area (Å²) in [5.74, 6) is 0. The van der Waals surface area contributed by atoms with Crippen molar-refractivity contribution < 1.29 is 32.3 Å². The fourth-order valence-corrected chi connectivity index (χ4v) is 0. The van der Waals surface area contributed by atoms with Gasteiger partial charge in [0.1, 0.15) is 0 Å². The first-order valence-corrected chi connectivity index (χ1v) is 1.22. The summed E-state index contributed by atoms with van der Waals surface area (Å²) in [7, 11) is 0. The summed E-state index contributed by atoms with van der Waals surface area (Å²) >= 11 is 0. The second kappa shape index (κ2) is 17.5. The van der Waals surface area contributed by atoms with Gasteiger partial charge in [0.05, 0.1) is 6.61 Å². The Morgan fingerprint density at radius 3 is 1.67 bits per heavy atom. The standard InChI is InChI=1S/C2H7NO.H2O.Ti/c3-1-2-4;;/h4H,1-3H2;1H2;. The third-order valence-electron chi connectivity index (χ3n) is 0.129. The van der Waals surface area contributed by atoms with Crippen LogP contribution in [-0.2, 0) is 21.7 Å². The number of rotatable bonds is 1. The van der Waals surface area contributed by atoms with Gasteiger partial charge in [0, 0.05) is 28.3 Å². The minimum Gasteiger partial charge on any atom is -0.412 e. The van der Waals surface area contributed by atoms with Crippen LogP contribution < -0.4 is 5.73 Å². The molecule has 0 fully saturated rings. The Balaban J connectivity index is -0.0000000450. The Morgan fingerprint density at radius 1 is 1.50 bits per heavy atom. The van der Waals surface area contributed by atoms with Gasteiger partial charge >= 0.3 is 0 Å². The molecule has 6 heavy (non-hydrogen) atoms. The van der Waals surface area contributed by atoms with Crippen LogP contribution in [0.2, 0.25) is 0 Å². The van der Waals surface area contributed by atoms with Gasteiger partial charge in [-0.2, -0.15) is 0 Å². The van der Waals surface area contributed by atoms with Crippen LogP contribution in [0.3, 0.4) is 0 Å². The normalized spacial score (nSPS) is 5.00. The summed E-state index contributed by atoms with van der Waals surface area (Å²) in [6.45, 7) is 0.472. The first-order valence-electron chi connectivity index (χ1n) is 1.22. The Hall–Kier alpha value is 0.594. The topological polar surface area (TPSA) is 77.8 Å². The second-order valence-corrected chi connectivity index (χ2v) is 0.512. The Bertz CT molecular complexity index is 13.5. The van der Waals surface area contributed by atoms with Crippen molar-refractivity contribution in [2.75, 3.05) is 13.2 Å². The molecule has 0 aromatic carbocycles. The van der Waals surface area contributed by atoms with Gasteiger partial charge in [-0.25, -0.2) is 0 Å². The van der Waals surface area contributed by atoms with Gasteiger partial charge in [0.2, 0.25) is 0 Å². The van der Waals surface area contributed by atoms with Crippen molar-refractivity contribution in [2.45, 2.75) is 0 Å². The molecule has 0 amide bonds. The van der Waals surface area contributed by atoms with E-state index >= 15 is 0 Å². The van der Waals surface area contributed by atoms with E-state index in [4.69, 9.17) is 10.8 Å². The monoisotopic (exact) mass is 127 g/mol. The number of nitrogens with two attached hydrogens (primary N) is 1. The maximum atomic E-state index is 7.75. The first-order chi connectivity index (χ1) is 1.91. The van der Waals surface area contributed by atoms with Crippen LogP contribution in [0.5, 0.6) is 0 Å². The molecule has 0 unspecified atom stereocenters. The quantitative estimate of drug-likeness (QED) is 0.404. The molecule has 4 heteroatoms. The minimum atomic E-state index is 0. The van der Waals surface area contributed by atoms with Crippen molar-refractivity contribution in [3.05, 3.63) is 0 Å². The molecule has 0 radical (unpaired) electrons. The van der Waals surface area contributed by atoms with Crippen molar-refractivity contribution in [2.24, 2.45) is 5.73 Å². The molecule has 0 aromatic heterocycles. The fraction of sp³-hybridized carbons (Fsp3) is 1.00. The molecule has 0 atom stereocenters. The molecule has 0 aliphatic heterocycles. The maximum Gasteiger partial charge on any atom is 0.0553 e. The number of hydrogen-bond acceptors (Lipinski definition) is 2. The van der Waals surface area contributed by atoms with Crippen molar-refractivity contribution >= 4 is 0 Å². The average molecular weight is 127 g/mol. The van der Waals surface area contributed by atoms with Gasteiger partial charge in [0.15, 0.2) is 0 Å². The van der Waals surface area contributed by atoms with Gasteiger partial charge in [-0.3, -0.25) is 0 Å². The molecule has 5 N–H and O–H groups in total. The molecule has 0 spiro atoms. The van der Waals surface area contributed by atoms with Gasteiger partial charge in [-0.1, -0.05) is 0 Å². The van der Waals surface area contributed by atoms with E-state index in [0.29, 0.717) is 6.54 Å². The van der Waals surface area contributed by atoms with E-state index in [9.17, 15) is 0 Å². The Morgan fingerprint density at radius 2 is 1.67 bits per heavy atom. The van der Waals surface area contributed by atoms with Crippen LogP contribution in [0.25, 0.3) is 0 Å². The SMILES string of the molecule is NCCO.O.[Ti]. The van der Waals surface area contributed by atoms with Gasteiger partial charge in [-0.05, 0) is 0 Å². The van der Waals surface area contributed by atoms with E-state index in [1.807, 2.05) is 0 Å². The van der Waals surface area contributed by atoms with E-state index in [1.165, 1.54) is 0 Å². The predicted molar refractivity (Wildman–Crippen MR) is 19.8 cm³/mol. The zero-order chi connectivity index (χ0) is 3.41. The van der Waals surface area contributed by atoms with Gasteiger partial charge in [0.25, 0.3) is 0 Å². The van der Waals surface area contributed by atoms with Crippen molar-refractivity contribution in [1.82, 2.24) is 0 Å². The van der Waals surface area contributed by atoms with E-state index in [1.54, 1.807) is 0 Å². The molecular formula is C2H9NO2Ti. The van der Waals surface area contributed by atoms with E-state index in [2.05, 4.69) is 0 Å². The number of hydrogen-bond donors (Lipinski definition) is 2. The van der Waals surface area contributed by atoms with Crippen molar-refractivity contribution in [1.29, 1.82) is 0 Å². The van der Waals surface area contributed by atoms with Gasteiger partial charge < -0.3 is 16.3 Å². The molecule has 0 saturated heterocycles. The summed E-state index contributed by atoms with van der Waals surface area (Å²) in [6, 6.07) is 0. The summed E-state index contributed by atoms with van der Waals surface area (Å²) in [5, 5.41) is 7.75. The summed E-state index contributed by atoms with van der Waals surface area (Å²) in [4.78, 5) is 0. The fourth-order valence-electron chi connectivity index (χ4n) is 0. The van der Waals surface area contributed by atoms with Crippen LogP contribution in [-0.4, -0.2) is 23.7 Å². The molecule has 0 aliphatic carbocycles. The summed E-state index contributed by atoms with van der Waals surface area (Å²) in [5.41, 5.74) is 4.78. The molecule has 38 valence electrons. The van der Waals surface area contributed by atoms with Crippen LogP contribution in [0.1, 0.15) is 0 Å². The van der Waals surface area contributed by atoms with Crippen molar-refractivity contribution in [3.8, 4) is 0 Å². The molecule has 0 rings (SSSR count). The average Bonchev–Trinajstić information content (AvgIpc) is 1.37. The maximum absolute atomic E-state index is 7.75. The summed E-state index contributed by atoms with van der Waals surface area (Å²) < 4.78 is 0. The minimum absolute atomic E-state index is 0. The zero-order valence-corrected chi connectivity index (χ0v) is 5.00. The van der Waals surface area contributed by atoms with E-state index < -0.39 is 0 Å². The smallest absolute Gasteiger partial charge is 0.0553 e. The van der Waals surface area contributed by atoms with Crippen LogP contribution in [0, 0.1) is 0 Å². The second-order valence-electron chi connectivity index (χ2n) is 0.512. The first kappa shape index (κ1) is 16.0. The van der Waals surface area contributed by atoms with E-state index in [0.717, 1.165) is 0 Å². The van der Waals surface area contributed by atoms with Crippen LogP contribution in [0.15, 0.2) is 0 Å². The van der Waals surface area contributed by atoms with E-state index in [-0.39, 0.29) is 33.8 Å². The number of aliphatic hydroxyl groups excluding tert-OH is 1. The number of aliphatic hydroxyl groups is 1. The zero-order valence-electron chi connectivity index (χ0n) is 3.44. The molecule has 0 aliphatic rings. The molecule has 0 heterocycles. The van der Waals surface area contributed by atoms with Crippen LogP contribution >= 0.6 is 0 Å². The predicted octanol–water partition coefficient (Wildman–Crippen LogP) is -1.89. The Labute approximate surface area is 51.7 Å². The Kier molecular flexibility index (Phi) is 46.7. The summed E-state index contributed by atoms with van der Waals surface area (Å²) in [6.07, 6.45) is 0. The molecule has 0 aromatic rings. The third kappa shape index (κ3) is 23.4. The van der Waals surface area contributed by atoms with Crippen molar-refractivity contribution in [3.63, 3.8) is 0 Å². The molecule has 0 saturated carbocycles. The molecule has 0 bridgehead atoms. The van der Waals surface area contributed by atoms with Gasteiger partial charge in [-0.15, -0.1) is 0 Å². The molecule has 3 nitrogen and oxygen atoms in total. The third-order valence-corrected chi connectivity index (χ3v) is 0.129. The van der Waals surface area contributed by atoms with Crippen LogP contribution in [0.4, 0.5) is 0 Å².